The highest BCUT2D eigenvalue weighted by Gasteiger charge is 2.52. The summed E-state index contributed by atoms with van der Waals surface area (Å²) >= 11 is 0. The molecule has 1 aromatic rings. The van der Waals surface area contributed by atoms with E-state index in [0.717, 1.165) is 18.4 Å². The Morgan fingerprint density at radius 1 is 1.11 bits per heavy atom. The van der Waals surface area contributed by atoms with Crippen molar-refractivity contribution in [2.75, 3.05) is 26.3 Å². The zero-order chi connectivity index (χ0) is 19.7. The lowest BCUT2D eigenvalue weighted by molar-refractivity contribution is -0.187. The van der Waals surface area contributed by atoms with Gasteiger partial charge in [0.2, 0.25) is 11.8 Å². The summed E-state index contributed by atoms with van der Waals surface area (Å²) in [5.74, 6) is -0.583. The standard InChI is InChI=1S/C22H30N2O4/c1-16(2)24(15-17-6-4-3-5-7-17)21(26)19-14-18(19)20(25)23-10-8-22(9-11-23)27-12-13-28-22/h3-7,16,18-19H,8-15H2,1-2H3. The van der Waals surface area contributed by atoms with Gasteiger partial charge >= 0.3 is 0 Å². The summed E-state index contributed by atoms with van der Waals surface area (Å²) in [6, 6.07) is 10.1. The lowest BCUT2D eigenvalue weighted by atomic mass is 10.0. The molecule has 1 spiro atoms. The molecule has 2 heterocycles. The average molecular weight is 386 g/mol. The molecular weight excluding hydrogens is 356 g/mol. The van der Waals surface area contributed by atoms with Crippen molar-refractivity contribution in [2.45, 2.75) is 51.5 Å². The third-order valence-corrected chi connectivity index (χ3v) is 6.18. The Kier molecular flexibility index (Phi) is 5.43. The van der Waals surface area contributed by atoms with Gasteiger partial charge in [-0.05, 0) is 25.8 Å². The molecule has 3 fully saturated rings. The van der Waals surface area contributed by atoms with Crippen LogP contribution >= 0.6 is 0 Å². The number of carbonyl (C=O) groups excluding carboxylic acids is 2. The Morgan fingerprint density at radius 3 is 2.36 bits per heavy atom. The molecule has 0 N–H and O–H groups in total. The normalized spacial score (nSPS) is 25.9. The van der Waals surface area contributed by atoms with Crippen molar-refractivity contribution < 1.29 is 19.1 Å². The Hall–Kier alpha value is -1.92. The Bertz CT molecular complexity index is 705. The summed E-state index contributed by atoms with van der Waals surface area (Å²) in [6.07, 6.45) is 2.11. The topological polar surface area (TPSA) is 59.1 Å². The Labute approximate surface area is 166 Å². The number of rotatable bonds is 5. The van der Waals surface area contributed by atoms with Gasteiger partial charge in [0.05, 0.1) is 25.0 Å². The van der Waals surface area contributed by atoms with Crippen LogP contribution in [0.1, 0.15) is 38.7 Å². The van der Waals surface area contributed by atoms with Gasteiger partial charge in [0.1, 0.15) is 0 Å². The van der Waals surface area contributed by atoms with Gasteiger partial charge in [0.15, 0.2) is 5.79 Å². The van der Waals surface area contributed by atoms with Gasteiger partial charge in [-0.3, -0.25) is 9.59 Å². The number of piperidine rings is 1. The van der Waals surface area contributed by atoms with Crippen molar-refractivity contribution in [1.29, 1.82) is 0 Å². The fourth-order valence-corrected chi connectivity index (χ4v) is 4.34. The molecular formula is C22H30N2O4. The van der Waals surface area contributed by atoms with Crippen molar-refractivity contribution in [3.63, 3.8) is 0 Å². The van der Waals surface area contributed by atoms with Gasteiger partial charge in [0, 0.05) is 38.5 Å². The van der Waals surface area contributed by atoms with E-state index in [1.165, 1.54) is 0 Å². The molecule has 2 unspecified atom stereocenters. The molecule has 4 rings (SSSR count). The fraction of sp³-hybridized carbons (Fsp3) is 0.636. The largest absolute Gasteiger partial charge is 0.347 e. The van der Waals surface area contributed by atoms with Crippen LogP contribution in [-0.2, 0) is 25.6 Å². The predicted octanol–water partition coefficient (Wildman–Crippen LogP) is 2.43. The summed E-state index contributed by atoms with van der Waals surface area (Å²) < 4.78 is 11.5. The van der Waals surface area contributed by atoms with E-state index in [4.69, 9.17) is 9.47 Å². The van der Waals surface area contributed by atoms with Crippen molar-refractivity contribution in [3.05, 3.63) is 35.9 Å². The predicted molar refractivity (Wildman–Crippen MR) is 104 cm³/mol. The van der Waals surface area contributed by atoms with E-state index in [1.54, 1.807) is 0 Å². The number of hydrogen-bond donors (Lipinski definition) is 0. The summed E-state index contributed by atoms with van der Waals surface area (Å²) in [5, 5.41) is 0. The number of carbonyl (C=O) groups is 2. The van der Waals surface area contributed by atoms with Gasteiger partial charge in [-0.15, -0.1) is 0 Å². The second kappa shape index (κ2) is 7.84. The smallest absolute Gasteiger partial charge is 0.227 e. The van der Waals surface area contributed by atoms with Crippen LogP contribution in [0.15, 0.2) is 30.3 Å². The second-order valence-electron chi connectivity index (χ2n) is 8.43. The van der Waals surface area contributed by atoms with Crippen LogP contribution in [0.2, 0.25) is 0 Å². The first kappa shape index (κ1) is 19.4. The molecule has 1 aromatic carbocycles. The molecule has 6 heteroatoms. The van der Waals surface area contributed by atoms with Crippen LogP contribution in [0.25, 0.3) is 0 Å². The summed E-state index contributed by atoms with van der Waals surface area (Å²) in [4.78, 5) is 29.8. The molecule has 1 saturated carbocycles. The lowest BCUT2D eigenvalue weighted by Gasteiger charge is -2.37. The quantitative estimate of drug-likeness (QED) is 0.780. The molecule has 2 amide bonds. The van der Waals surface area contributed by atoms with Crippen molar-refractivity contribution in [2.24, 2.45) is 11.8 Å². The van der Waals surface area contributed by atoms with Crippen LogP contribution in [0, 0.1) is 11.8 Å². The molecule has 0 bridgehead atoms. The molecule has 2 aliphatic heterocycles. The van der Waals surface area contributed by atoms with Gasteiger partial charge in [-0.1, -0.05) is 30.3 Å². The van der Waals surface area contributed by atoms with Crippen LogP contribution in [-0.4, -0.2) is 59.7 Å². The number of likely N-dealkylation sites (tertiary alicyclic amines) is 1. The summed E-state index contributed by atoms with van der Waals surface area (Å²) in [6.45, 7) is 7.23. The van der Waals surface area contributed by atoms with Crippen LogP contribution in [0.3, 0.4) is 0 Å². The molecule has 28 heavy (non-hydrogen) atoms. The highest BCUT2D eigenvalue weighted by Crippen LogP contribution is 2.43. The molecule has 0 radical (unpaired) electrons. The second-order valence-corrected chi connectivity index (χ2v) is 8.43. The van der Waals surface area contributed by atoms with E-state index in [0.29, 0.717) is 39.3 Å². The van der Waals surface area contributed by atoms with Crippen LogP contribution in [0.4, 0.5) is 0 Å². The number of hydrogen-bond acceptors (Lipinski definition) is 4. The number of nitrogens with zero attached hydrogens (tertiary/aromatic N) is 2. The van der Waals surface area contributed by atoms with Gasteiger partial charge in [-0.25, -0.2) is 0 Å². The number of benzene rings is 1. The first-order valence-electron chi connectivity index (χ1n) is 10.4. The first-order chi connectivity index (χ1) is 13.5. The average Bonchev–Trinajstić information content (AvgIpc) is 3.39. The van der Waals surface area contributed by atoms with Gasteiger partial charge in [0.25, 0.3) is 0 Å². The van der Waals surface area contributed by atoms with Crippen LogP contribution in [0.5, 0.6) is 0 Å². The lowest BCUT2D eigenvalue weighted by Crippen LogP contribution is -2.48. The van der Waals surface area contributed by atoms with Crippen molar-refractivity contribution >= 4 is 11.8 Å². The maximum absolute atomic E-state index is 13.1. The SMILES string of the molecule is CC(C)N(Cc1ccccc1)C(=O)C1CC1C(=O)N1CCC2(CC1)OCCO2. The first-order valence-corrected chi connectivity index (χ1v) is 10.4. The van der Waals surface area contributed by atoms with Crippen molar-refractivity contribution in [3.8, 4) is 0 Å². The molecule has 2 atom stereocenters. The van der Waals surface area contributed by atoms with E-state index < -0.39 is 5.79 Å². The summed E-state index contributed by atoms with van der Waals surface area (Å²) in [5.41, 5.74) is 1.12. The third-order valence-electron chi connectivity index (χ3n) is 6.18. The van der Waals surface area contributed by atoms with E-state index in [-0.39, 0.29) is 29.7 Å². The van der Waals surface area contributed by atoms with E-state index in [2.05, 4.69) is 0 Å². The number of amides is 2. The Morgan fingerprint density at radius 2 is 1.75 bits per heavy atom. The highest BCUT2D eigenvalue weighted by molar-refractivity contribution is 5.92. The zero-order valence-corrected chi connectivity index (χ0v) is 16.8. The van der Waals surface area contributed by atoms with E-state index in [9.17, 15) is 9.59 Å². The summed E-state index contributed by atoms with van der Waals surface area (Å²) in [7, 11) is 0. The highest BCUT2D eigenvalue weighted by atomic mass is 16.7. The molecule has 6 nitrogen and oxygen atoms in total. The minimum Gasteiger partial charge on any atom is -0.347 e. The zero-order valence-electron chi connectivity index (χ0n) is 16.8. The van der Waals surface area contributed by atoms with E-state index >= 15 is 0 Å². The maximum atomic E-state index is 13.1. The minimum atomic E-state index is -0.473. The monoisotopic (exact) mass is 386 g/mol. The van der Waals surface area contributed by atoms with Crippen molar-refractivity contribution in [1.82, 2.24) is 9.80 Å². The van der Waals surface area contributed by atoms with Crippen LogP contribution < -0.4 is 0 Å². The molecule has 3 aliphatic rings. The molecule has 152 valence electrons. The van der Waals surface area contributed by atoms with E-state index in [1.807, 2.05) is 54.0 Å². The minimum absolute atomic E-state index is 0.105. The molecule has 2 saturated heterocycles. The molecule has 1 aliphatic carbocycles. The van der Waals surface area contributed by atoms with Gasteiger partial charge < -0.3 is 19.3 Å². The molecule has 0 aromatic heterocycles. The van der Waals surface area contributed by atoms with Gasteiger partial charge in [-0.2, -0.15) is 0 Å². The fourth-order valence-electron chi connectivity index (χ4n) is 4.34. The third kappa shape index (κ3) is 3.94. The Balaban J connectivity index is 1.33. The maximum Gasteiger partial charge on any atom is 0.227 e. The number of ether oxygens (including phenoxy) is 2.